The largest absolute Gasteiger partial charge is 0.423 e. The van der Waals surface area contributed by atoms with Crippen LogP contribution in [0.4, 0.5) is 6.01 Å². The van der Waals surface area contributed by atoms with Crippen LogP contribution in [0.5, 0.6) is 0 Å². The van der Waals surface area contributed by atoms with Gasteiger partial charge in [0.2, 0.25) is 0 Å². The van der Waals surface area contributed by atoms with Gasteiger partial charge in [0.25, 0.3) is 6.01 Å². The molecule has 3 nitrogen and oxygen atoms in total. The fraction of sp³-hybridized carbons (Fsp3) is 0.400. The quantitative estimate of drug-likeness (QED) is 0.882. The van der Waals surface area contributed by atoms with Crippen molar-refractivity contribution in [3.05, 3.63) is 35.0 Å². The zero-order chi connectivity index (χ0) is 13.3. The molecule has 0 unspecified atom stereocenters. The van der Waals surface area contributed by atoms with Crippen LogP contribution in [0.2, 0.25) is 0 Å². The number of hydrogen-bond acceptors (Lipinski definition) is 3. The molecule has 0 bridgehead atoms. The van der Waals surface area contributed by atoms with Crippen LogP contribution in [0.25, 0.3) is 11.3 Å². The summed E-state index contributed by atoms with van der Waals surface area (Å²) in [6, 6.07) is 7.09. The summed E-state index contributed by atoms with van der Waals surface area (Å²) in [4.78, 5) is 4.34. The maximum atomic E-state index is 5.74. The lowest BCUT2D eigenvalue weighted by molar-refractivity contribution is 0.588. The van der Waals surface area contributed by atoms with Gasteiger partial charge in [0.05, 0.1) is 5.69 Å². The lowest BCUT2D eigenvalue weighted by Gasteiger charge is -2.09. The molecule has 0 fully saturated rings. The first-order valence-corrected chi connectivity index (χ1v) is 6.29. The van der Waals surface area contributed by atoms with Gasteiger partial charge in [0.15, 0.2) is 5.76 Å². The summed E-state index contributed by atoms with van der Waals surface area (Å²) in [5.41, 5.74) is 4.58. The van der Waals surface area contributed by atoms with E-state index in [0.29, 0.717) is 11.9 Å². The van der Waals surface area contributed by atoms with Crippen molar-refractivity contribution in [2.24, 2.45) is 0 Å². The molecule has 0 aliphatic heterocycles. The molecule has 18 heavy (non-hydrogen) atoms. The molecule has 2 rings (SSSR count). The molecule has 1 aromatic carbocycles. The van der Waals surface area contributed by atoms with Gasteiger partial charge < -0.3 is 9.73 Å². The molecule has 0 aliphatic carbocycles. The van der Waals surface area contributed by atoms with E-state index in [2.05, 4.69) is 49.3 Å². The molecule has 1 heterocycles. The first kappa shape index (κ1) is 12.7. The smallest absolute Gasteiger partial charge is 0.295 e. The van der Waals surface area contributed by atoms with E-state index in [-0.39, 0.29) is 0 Å². The second-order valence-corrected chi connectivity index (χ2v) is 4.91. The van der Waals surface area contributed by atoms with Gasteiger partial charge in [-0.1, -0.05) is 26.0 Å². The van der Waals surface area contributed by atoms with Gasteiger partial charge in [0.1, 0.15) is 0 Å². The Balaban J connectivity index is 2.54. The molecule has 96 valence electrons. The standard InChI is InChI=1S/C15H20N2O/c1-9(2)12-7-6-10(3)13(8-12)14-11(4)17-15(16-5)18-14/h6-9H,1-5H3,(H,16,17). The first-order chi connectivity index (χ1) is 8.52. The Hall–Kier alpha value is -1.77. The number of aryl methyl sites for hydroxylation is 2. The normalized spacial score (nSPS) is 11.0. The maximum absolute atomic E-state index is 5.74. The number of benzene rings is 1. The zero-order valence-electron chi connectivity index (χ0n) is 11.7. The van der Waals surface area contributed by atoms with Crippen LogP contribution >= 0.6 is 0 Å². The fourth-order valence-electron chi connectivity index (χ4n) is 2.00. The Bertz CT molecular complexity index is 556. The van der Waals surface area contributed by atoms with Crippen molar-refractivity contribution in [3.8, 4) is 11.3 Å². The third kappa shape index (κ3) is 2.26. The Labute approximate surface area is 108 Å². The van der Waals surface area contributed by atoms with Crippen LogP contribution in [0.1, 0.15) is 36.6 Å². The third-order valence-electron chi connectivity index (χ3n) is 3.18. The molecule has 0 saturated carbocycles. The van der Waals surface area contributed by atoms with Gasteiger partial charge in [-0.3, -0.25) is 0 Å². The Morgan fingerprint density at radius 2 is 1.94 bits per heavy atom. The Morgan fingerprint density at radius 3 is 2.50 bits per heavy atom. The van der Waals surface area contributed by atoms with Gasteiger partial charge in [-0.25, -0.2) is 0 Å². The minimum absolute atomic E-state index is 0.511. The zero-order valence-corrected chi connectivity index (χ0v) is 11.7. The number of oxazole rings is 1. The Morgan fingerprint density at radius 1 is 1.22 bits per heavy atom. The number of hydrogen-bond donors (Lipinski definition) is 1. The molecular weight excluding hydrogens is 224 g/mol. The van der Waals surface area contributed by atoms with E-state index in [1.54, 1.807) is 0 Å². The van der Waals surface area contributed by atoms with Crippen LogP contribution in [0.3, 0.4) is 0 Å². The number of anilines is 1. The van der Waals surface area contributed by atoms with Gasteiger partial charge in [-0.05, 0) is 37.0 Å². The van der Waals surface area contributed by atoms with Gasteiger partial charge in [-0.2, -0.15) is 4.98 Å². The van der Waals surface area contributed by atoms with Crippen LogP contribution in [0, 0.1) is 13.8 Å². The lowest BCUT2D eigenvalue weighted by atomic mass is 9.96. The lowest BCUT2D eigenvalue weighted by Crippen LogP contribution is -1.91. The summed E-state index contributed by atoms with van der Waals surface area (Å²) < 4.78 is 5.74. The van der Waals surface area contributed by atoms with Crippen molar-refractivity contribution in [3.63, 3.8) is 0 Å². The molecule has 0 amide bonds. The highest BCUT2D eigenvalue weighted by Gasteiger charge is 2.14. The van der Waals surface area contributed by atoms with Crippen molar-refractivity contribution in [2.75, 3.05) is 12.4 Å². The average molecular weight is 244 g/mol. The van der Waals surface area contributed by atoms with E-state index in [1.165, 1.54) is 11.1 Å². The van der Waals surface area contributed by atoms with E-state index in [0.717, 1.165) is 17.0 Å². The summed E-state index contributed by atoms with van der Waals surface area (Å²) in [7, 11) is 1.81. The SMILES string of the molecule is CNc1nc(C)c(-c2cc(C(C)C)ccc2C)o1. The average Bonchev–Trinajstić information content (AvgIpc) is 2.71. The molecule has 1 N–H and O–H groups in total. The van der Waals surface area contributed by atoms with E-state index >= 15 is 0 Å². The summed E-state index contributed by atoms with van der Waals surface area (Å²) in [5.74, 6) is 1.37. The summed E-state index contributed by atoms with van der Waals surface area (Å²) in [6.45, 7) is 8.46. The predicted molar refractivity (Wildman–Crippen MR) is 75.0 cm³/mol. The van der Waals surface area contributed by atoms with Crippen molar-refractivity contribution in [1.29, 1.82) is 0 Å². The highest BCUT2D eigenvalue weighted by Crippen LogP contribution is 2.31. The number of rotatable bonds is 3. The van der Waals surface area contributed by atoms with Crippen LogP contribution in [0.15, 0.2) is 22.6 Å². The highest BCUT2D eigenvalue weighted by atomic mass is 16.4. The molecule has 0 spiro atoms. The second-order valence-electron chi connectivity index (χ2n) is 4.91. The molecule has 0 saturated heterocycles. The summed E-state index contributed by atoms with van der Waals surface area (Å²) in [5, 5.41) is 2.94. The molecular formula is C15H20N2O. The molecule has 0 atom stereocenters. The summed E-state index contributed by atoms with van der Waals surface area (Å²) >= 11 is 0. The van der Waals surface area contributed by atoms with Crippen LogP contribution in [-0.2, 0) is 0 Å². The van der Waals surface area contributed by atoms with Crippen molar-refractivity contribution in [2.45, 2.75) is 33.6 Å². The number of nitrogens with zero attached hydrogens (tertiary/aromatic N) is 1. The Kier molecular flexibility index (Phi) is 3.41. The number of nitrogens with one attached hydrogen (secondary N) is 1. The fourth-order valence-corrected chi connectivity index (χ4v) is 2.00. The minimum Gasteiger partial charge on any atom is -0.423 e. The van der Waals surface area contributed by atoms with Crippen molar-refractivity contribution >= 4 is 6.01 Å². The molecule has 1 aromatic heterocycles. The van der Waals surface area contributed by atoms with Gasteiger partial charge >= 0.3 is 0 Å². The van der Waals surface area contributed by atoms with Crippen molar-refractivity contribution in [1.82, 2.24) is 4.98 Å². The third-order valence-corrected chi connectivity index (χ3v) is 3.18. The molecule has 0 radical (unpaired) electrons. The second kappa shape index (κ2) is 4.84. The molecule has 3 heteroatoms. The van der Waals surface area contributed by atoms with E-state index in [1.807, 2.05) is 14.0 Å². The molecule has 0 aliphatic rings. The first-order valence-electron chi connectivity index (χ1n) is 6.29. The van der Waals surface area contributed by atoms with E-state index < -0.39 is 0 Å². The monoisotopic (exact) mass is 244 g/mol. The maximum Gasteiger partial charge on any atom is 0.295 e. The van der Waals surface area contributed by atoms with Gasteiger partial charge in [-0.15, -0.1) is 0 Å². The van der Waals surface area contributed by atoms with E-state index in [4.69, 9.17) is 4.42 Å². The van der Waals surface area contributed by atoms with Gasteiger partial charge in [0, 0.05) is 12.6 Å². The van der Waals surface area contributed by atoms with Crippen molar-refractivity contribution < 1.29 is 4.42 Å². The summed E-state index contributed by atoms with van der Waals surface area (Å²) in [6.07, 6.45) is 0. The number of aromatic nitrogens is 1. The highest BCUT2D eigenvalue weighted by molar-refractivity contribution is 5.66. The predicted octanol–water partition coefficient (Wildman–Crippen LogP) is 4.12. The molecule has 2 aromatic rings. The van der Waals surface area contributed by atoms with E-state index in [9.17, 15) is 0 Å². The minimum atomic E-state index is 0.511. The topological polar surface area (TPSA) is 38.1 Å². The van der Waals surface area contributed by atoms with Crippen LogP contribution < -0.4 is 5.32 Å². The van der Waals surface area contributed by atoms with Crippen LogP contribution in [-0.4, -0.2) is 12.0 Å².